The van der Waals surface area contributed by atoms with Crippen LogP contribution in [0.2, 0.25) is 0 Å². The number of fused-ring (bicyclic) bond motifs is 2. The van der Waals surface area contributed by atoms with Crippen LogP contribution in [0.4, 0.5) is 0 Å². The van der Waals surface area contributed by atoms with Crippen LogP contribution in [-0.4, -0.2) is 12.1 Å². The van der Waals surface area contributed by atoms with Gasteiger partial charge in [0.05, 0.1) is 0 Å². The van der Waals surface area contributed by atoms with E-state index in [9.17, 15) is 4.79 Å². The first-order chi connectivity index (χ1) is 6.74. The van der Waals surface area contributed by atoms with Gasteiger partial charge in [-0.2, -0.15) is 0 Å². The highest BCUT2D eigenvalue weighted by atomic mass is 16.5. The molecule has 2 aliphatic carbocycles. The summed E-state index contributed by atoms with van der Waals surface area (Å²) in [5.74, 6) is 2.08. The molecule has 0 aromatic rings. The quantitative estimate of drug-likeness (QED) is 0.510. The minimum atomic E-state index is -0.254. The highest BCUT2D eigenvalue weighted by Crippen LogP contribution is 2.50. The maximum atomic E-state index is 11.1. The number of hydrogen-bond acceptors (Lipinski definition) is 2. The Balaban J connectivity index is 1.90. The minimum Gasteiger partial charge on any atom is -0.459 e. The molecule has 4 unspecified atom stereocenters. The summed E-state index contributed by atoms with van der Waals surface area (Å²) in [7, 11) is 0. The highest BCUT2D eigenvalue weighted by Gasteiger charge is 2.46. The van der Waals surface area contributed by atoms with Gasteiger partial charge in [0.2, 0.25) is 0 Å². The van der Waals surface area contributed by atoms with Crippen molar-refractivity contribution in [1.29, 1.82) is 0 Å². The van der Waals surface area contributed by atoms with E-state index in [2.05, 4.69) is 13.5 Å². The zero-order chi connectivity index (χ0) is 10.1. The Morgan fingerprint density at radius 3 is 2.71 bits per heavy atom. The number of carbonyl (C=O) groups is 1. The van der Waals surface area contributed by atoms with Crippen LogP contribution in [0.3, 0.4) is 0 Å². The first kappa shape index (κ1) is 9.75. The molecule has 2 rings (SSSR count). The summed E-state index contributed by atoms with van der Waals surface area (Å²) in [6.45, 7) is 5.68. The van der Waals surface area contributed by atoms with Crippen LogP contribution in [0.15, 0.2) is 12.7 Å². The molecule has 0 aromatic heterocycles. The van der Waals surface area contributed by atoms with Crippen molar-refractivity contribution in [2.75, 3.05) is 0 Å². The van der Waals surface area contributed by atoms with Crippen molar-refractivity contribution in [2.45, 2.75) is 38.7 Å². The summed E-state index contributed by atoms with van der Waals surface area (Å²) < 4.78 is 5.33. The molecule has 78 valence electrons. The average molecular weight is 194 g/mol. The lowest BCUT2D eigenvalue weighted by Crippen LogP contribution is -2.26. The smallest absolute Gasteiger partial charge is 0.330 e. The van der Waals surface area contributed by atoms with E-state index in [1.807, 2.05) is 0 Å². The molecular formula is C12H18O2. The summed E-state index contributed by atoms with van der Waals surface area (Å²) in [6, 6.07) is 0. The van der Waals surface area contributed by atoms with Gasteiger partial charge in [-0.1, -0.05) is 19.9 Å². The molecule has 2 bridgehead atoms. The third kappa shape index (κ3) is 1.58. The van der Waals surface area contributed by atoms with Crippen LogP contribution in [0, 0.1) is 17.8 Å². The number of ether oxygens (including phenoxy) is 1. The van der Waals surface area contributed by atoms with Crippen LogP contribution < -0.4 is 0 Å². The molecule has 14 heavy (non-hydrogen) atoms. The fourth-order valence-corrected chi connectivity index (χ4v) is 3.18. The van der Waals surface area contributed by atoms with Gasteiger partial charge in [0.25, 0.3) is 0 Å². The maximum Gasteiger partial charge on any atom is 0.330 e. The van der Waals surface area contributed by atoms with Gasteiger partial charge in [-0.25, -0.2) is 4.79 Å². The van der Waals surface area contributed by atoms with Crippen molar-refractivity contribution in [3.05, 3.63) is 12.7 Å². The van der Waals surface area contributed by atoms with Crippen LogP contribution >= 0.6 is 0 Å². The average Bonchev–Trinajstić information content (AvgIpc) is 2.75. The number of hydrogen-bond donors (Lipinski definition) is 0. The summed E-state index contributed by atoms with van der Waals surface area (Å²) >= 11 is 0. The standard InChI is InChI=1S/C12H18O2/c1-3-8-5-10-6-9(8)7-11(10)14-12(13)4-2/h4,8-11H,2-3,5-7H2,1H3. The largest absolute Gasteiger partial charge is 0.459 e. The molecule has 0 aromatic carbocycles. The van der Waals surface area contributed by atoms with Gasteiger partial charge in [-0.15, -0.1) is 0 Å². The van der Waals surface area contributed by atoms with Crippen molar-refractivity contribution in [3.8, 4) is 0 Å². The van der Waals surface area contributed by atoms with E-state index in [4.69, 9.17) is 4.74 Å². The van der Waals surface area contributed by atoms with E-state index in [0.717, 1.165) is 18.3 Å². The van der Waals surface area contributed by atoms with Gasteiger partial charge >= 0.3 is 5.97 Å². The molecule has 2 heteroatoms. The molecule has 2 aliphatic rings. The van der Waals surface area contributed by atoms with Crippen molar-refractivity contribution in [1.82, 2.24) is 0 Å². The van der Waals surface area contributed by atoms with E-state index in [0.29, 0.717) is 5.92 Å². The van der Waals surface area contributed by atoms with Crippen LogP contribution in [0.25, 0.3) is 0 Å². The predicted molar refractivity (Wildman–Crippen MR) is 54.7 cm³/mol. The third-order valence-corrected chi connectivity index (χ3v) is 3.90. The van der Waals surface area contributed by atoms with Gasteiger partial charge < -0.3 is 4.74 Å². The Labute approximate surface area is 85.3 Å². The number of rotatable bonds is 3. The van der Waals surface area contributed by atoms with Gasteiger partial charge in [0.1, 0.15) is 6.10 Å². The highest BCUT2D eigenvalue weighted by molar-refractivity contribution is 5.81. The molecule has 0 radical (unpaired) electrons. The van der Waals surface area contributed by atoms with Crippen molar-refractivity contribution >= 4 is 5.97 Å². The number of esters is 1. The monoisotopic (exact) mass is 194 g/mol. The van der Waals surface area contributed by atoms with Crippen LogP contribution in [0.1, 0.15) is 32.6 Å². The molecular weight excluding hydrogens is 176 g/mol. The molecule has 0 spiro atoms. The Morgan fingerprint density at radius 2 is 2.21 bits per heavy atom. The summed E-state index contributed by atoms with van der Waals surface area (Å²) in [4.78, 5) is 11.1. The van der Waals surface area contributed by atoms with Gasteiger partial charge in [0, 0.05) is 6.08 Å². The minimum absolute atomic E-state index is 0.188. The van der Waals surface area contributed by atoms with E-state index < -0.39 is 0 Å². The normalized spacial score (nSPS) is 39.8. The molecule has 0 heterocycles. The lowest BCUT2D eigenvalue weighted by Gasteiger charge is -2.26. The Kier molecular flexibility index (Phi) is 2.62. The van der Waals surface area contributed by atoms with Crippen LogP contribution in [0.5, 0.6) is 0 Å². The second kappa shape index (κ2) is 3.76. The van der Waals surface area contributed by atoms with Crippen molar-refractivity contribution in [3.63, 3.8) is 0 Å². The van der Waals surface area contributed by atoms with E-state index >= 15 is 0 Å². The number of carbonyl (C=O) groups excluding carboxylic acids is 1. The first-order valence-corrected chi connectivity index (χ1v) is 5.57. The molecule has 0 saturated heterocycles. The summed E-state index contributed by atoms with van der Waals surface area (Å²) in [5.41, 5.74) is 0. The fraction of sp³-hybridized carbons (Fsp3) is 0.750. The molecule has 2 nitrogen and oxygen atoms in total. The lowest BCUT2D eigenvalue weighted by atomic mass is 9.85. The lowest BCUT2D eigenvalue weighted by molar-refractivity contribution is -0.145. The Morgan fingerprint density at radius 1 is 1.43 bits per heavy atom. The summed E-state index contributed by atoms with van der Waals surface area (Å²) in [6.07, 6.45) is 6.35. The third-order valence-electron chi connectivity index (χ3n) is 3.90. The second-order valence-corrected chi connectivity index (χ2v) is 4.58. The maximum absolute atomic E-state index is 11.1. The molecule has 0 aliphatic heterocycles. The molecule has 0 amide bonds. The van der Waals surface area contributed by atoms with Gasteiger partial charge in [-0.05, 0) is 37.0 Å². The van der Waals surface area contributed by atoms with Gasteiger partial charge in [-0.3, -0.25) is 0 Å². The molecule has 0 N–H and O–H groups in total. The van der Waals surface area contributed by atoms with Crippen LogP contribution in [-0.2, 0) is 9.53 Å². The van der Waals surface area contributed by atoms with Crippen molar-refractivity contribution in [2.24, 2.45) is 17.8 Å². The topological polar surface area (TPSA) is 26.3 Å². The second-order valence-electron chi connectivity index (χ2n) is 4.58. The zero-order valence-corrected chi connectivity index (χ0v) is 8.74. The fourth-order valence-electron chi connectivity index (χ4n) is 3.18. The Hall–Kier alpha value is -0.790. The summed E-state index contributed by atoms with van der Waals surface area (Å²) in [5, 5.41) is 0. The molecule has 2 fully saturated rings. The van der Waals surface area contributed by atoms with E-state index in [1.165, 1.54) is 25.3 Å². The SMILES string of the molecule is C=CC(=O)OC1CC2CC1CC2CC. The zero-order valence-electron chi connectivity index (χ0n) is 8.74. The molecule has 2 saturated carbocycles. The van der Waals surface area contributed by atoms with Crippen molar-refractivity contribution < 1.29 is 9.53 Å². The predicted octanol–water partition coefficient (Wildman–Crippen LogP) is 2.54. The van der Waals surface area contributed by atoms with E-state index in [1.54, 1.807) is 0 Å². The molecule has 4 atom stereocenters. The van der Waals surface area contributed by atoms with Gasteiger partial charge in [0.15, 0.2) is 0 Å². The Bertz CT molecular complexity index is 247. The van der Waals surface area contributed by atoms with E-state index in [-0.39, 0.29) is 12.1 Å². The first-order valence-electron chi connectivity index (χ1n) is 5.57.